The van der Waals surface area contributed by atoms with E-state index in [1.165, 1.54) is 51.7 Å². The van der Waals surface area contributed by atoms with Gasteiger partial charge in [0, 0.05) is 18.6 Å². The van der Waals surface area contributed by atoms with Gasteiger partial charge < -0.3 is 5.32 Å². The van der Waals surface area contributed by atoms with Crippen LogP contribution < -0.4 is 5.32 Å². The third-order valence-corrected chi connectivity index (χ3v) is 4.92. The van der Waals surface area contributed by atoms with Gasteiger partial charge in [0.25, 0.3) is 0 Å². The molecule has 2 fully saturated rings. The predicted molar refractivity (Wildman–Crippen MR) is 74.2 cm³/mol. The zero-order valence-corrected chi connectivity index (χ0v) is 11.9. The minimum Gasteiger partial charge on any atom is -0.312 e. The summed E-state index contributed by atoms with van der Waals surface area (Å²) in [7, 11) is 0. The van der Waals surface area contributed by atoms with Gasteiger partial charge in [0.05, 0.1) is 0 Å². The molecule has 1 N–H and O–H groups in total. The van der Waals surface area contributed by atoms with E-state index in [9.17, 15) is 0 Å². The van der Waals surface area contributed by atoms with Crippen LogP contribution in [-0.4, -0.2) is 36.6 Å². The van der Waals surface area contributed by atoms with Crippen molar-refractivity contribution in [2.75, 3.05) is 19.6 Å². The smallest absolute Gasteiger partial charge is 0.0218 e. The minimum atomic E-state index is 0.696. The van der Waals surface area contributed by atoms with Crippen LogP contribution in [0.15, 0.2) is 0 Å². The average molecular weight is 238 g/mol. The van der Waals surface area contributed by atoms with Gasteiger partial charge in [-0.15, -0.1) is 0 Å². The van der Waals surface area contributed by atoms with Crippen molar-refractivity contribution in [3.63, 3.8) is 0 Å². The molecule has 1 aliphatic heterocycles. The third kappa shape index (κ3) is 3.45. The number of rotatable bonds is 3. The first-order valence-electron chi connectivity index (χ1n) is 7.66. The Kier molecular flexibility index (Phi) is 4.87. The monoisotopic (exact) mass is 238 g/mol. The Morgan fingerprint density at radius 2 is 1.76 bits per heavy atom. The fourth-order valence-electron chi connectivity index (χ4n) is 3.53. The molecule has 2 heteroatoms. The van der Waals surface area contributed by atoms with E-state index in [-0.39, 0.29) is 0 Å². The van der Waals surface area contributed by atoms with Gasteiger partial charge in [-0.05, 0) is 51.1 Å². The molecular formula is C15H30N2. The fourth-order valence-corrected chi connectivity index (χ4v) is 3.53. The van der Waals surface area contributed by atoms with E-state index in [4.69, 9.17) is 0 Å². The van der Waals surface area contributed by atoms with Crippen LogP contribution in [0.2, 0.25) is 0 Å². The van der Waals surface area contributed by atoms with Gasteiger partial charge in [0.15, 0.2) is 0 Å². The van der Waals surface area contributed by atoms with E-state index >= 15 is 0 Å². The first kappa shape index (κ1) is 13.4. The molecular weight excluding hydrogens is 208 g/mol. The van der Waals surface area contributed by atoms with Gasteiger partial charge in [0.2, 0.25) is 0 Å². The van der Waals surface area contributed by atoms with Crippen LogP contribution in [0.3, 0.4) is 0 Å². The third-order valence-electron chi connectivity index (χ3n) is 4.92. The Morgan fingerprint density at radius 1 is 1.06 bits per heavy atom. The number of hydrogen-bond acceptors (Lipinski definition) is 2. The molecule has 2 nitrogen and oxygen atoms in total. The van der Waals surface area contributed by atoms with Crippen LogP contribution in [0.4, 0.5) is 0 Å². The maximum Gasteiger partial charge on any atom is 0.0218 e. The van der Waals surface area contributed by atoms with Crippen LogP contribution in [0.1, 0.15) is 52.9 Å². The second-order valence-electron chi connectivity index (χ2n) is 6.44. The Labute approximate surface area is 107 Å². The van der Waals surface area contributed by atoms with Crippen molar-refractivity contribution in [1.29, 1.82) is 0 Å². The predicted octanol–water partition coefficient (Wildman–Crippen LogP) is 2.89. The van der Waals surface area contributed by atoms with Gasteiger partial charge in [0.1, 0.15) is 0 Å². The fraction of sp³-hybridized carbons (Fsp3) is 1.00. The summed E-state index contributed by atoms with van der Waals surface area (Å²) in [6.07, 6.45) is 7.19. The summed E-state index contributed by atoms with van der Waals surface area (Å²) in [5, 5.41) is 3.71. The first-order chi connectivity index (χ1) is 8.18. The molecule has 1 saturated heterocycles. The highest BCUT2D eigenvalue weighted by atomic mass is 15.2. The zero-order valence-electron chi connectivity index (χ0n) is 11.9. The van der Waals surface area contributed by atoms with E-state index in [1.54, 1.807) is 0 Å². The van der Waals surface area contributed by atoms with Gasteiger partial charge >= 0.3 is 0 Å². The molecule has 2 unspecified atom stereocenters. The molecule has 100 valence electrons. The van der Waals surface area contributed by atoms with Crippen molar-refractivity contribution in [2.45, 2.75) is 65.0 Å². The largest absolute Gasteiger partial charge is 0.312 e. The van der Waals surface area contributed by atoms with E-state index in [1.807, 2.05) is 0 Å². The molecule has 2 aliphatic rings. The SMILES string of the molecule is CC(C)C1CN(C(C)C2CCCC2)CCCN1. The molecule has 0 bridgehead atoms. The van der Waals surface area contributed by atoms with Gasteiger partial charge in [-0.25, -0.2) is 0 Å². The molecule has 17 heavy (non-hydrogen) atoms. The van der Waals surface area contributed by atoms with Crippen LogP contribution in [-0.2, 0) is 0 Å². The van der Waals surface area contributed by atoms with Crippen molar-refractivity contribution >= 4 is 0 Å². The summed E-state index contributed by atoms with van der Waals surface area (Å²) in [5.74, 6) is 1.73. The molecule has 0 aromatic carbocycles. The topological polar surface area (TPSA) is 15.3 Å². The van der Waals surface area contributed by atoms with E-state index in [0.717, 1.165) is 17.9 Å². The van der Waals surface area contributed by atoms with Gasteiger partial charge in [-0.1, -0.05) is 26.7 Å². The van der Waals surface area contributed by atoms with Crippen molar-refractivity contribution < 1.29 is 0 Å². The van der Waals surface area contributed by atoms with E-state index < -0.39 is 0 Å². The number of hydrogen-bond donors (Lipinski definition) is 1. The molecule has 0 amide bonds. The lowest BCUT2D eigenvalue weighted by Crippen LogP contribution is -2.46. The number of nitrogens with one attached hydrogen (secondary N) is 1. The Hall–Kier alpha value is -0.0800. The normalized spacial score (nSPS) is 30.7. The molecule has 0 spiro atoms. The van der Waals surface area contributed by atoms with Crippen LogP contribution >= 0.6 is 0 Å². The lowest BCUT2D eigenvalue weighted by atomic mass is 9.96. The zero-order chi connectivity index (χ0) is 12.3. The highest BCUT2D eigenvalue weighted by molar-refractivity contribution is 4.85. The van der Waals surface area contributed by atoms with Gasteiger partial charge in [-0.3, -0.25) is 4.90 Å². The second-order valence-corrected chi connectivity index (χ2v) is 6.44. The van der Waals surface area contributed by atoms with Crippen molar-refractivity contribution in [3.8, 4) is 0 Å². The average Bonchev–Trinajstić information content (AvgIpc) is 2.71. The van der Waals surface area contributed by atoms with Crippen molar-refractivity contribution in [3.05, 3.63) is 0 Å². The van der Waals surface area contributed by atoms with E-state index in [2.05, 4.69) is 31.0 Å². The lowest BCUT2D eigenvalue weighted by Gasteiger charge is -2.34. The summed E-state index contributed by atoms with van der Waals surface area (Å²) >= 11 is 0. The molecule has 2 atom stereocenters. The van der Waals surface area contributed by atoms with E-state index in [0.29, 0.717) is 6.04 Å². The van der Waals surface area contributed by atoms with Crippen LogP contribution in [0.5, 0.6) is 0 Å². The Morgan fingerprint density at radius 3 is 2.41 bits per heavy atom. The molecule has 0 aromatic heterocycles. The highest BCUT2D eigenvalue weighted by Gasteiger charge is 2.29. The first-order valence-corrected chi connectivity index (χ1v) is 7.66. The van der Waals surface area contributed by atoms with Crippen LogP contribution in [0, 0.1) is 11.8 Å². The standard InChI is InChI=1S/C15H30N2/c1-12(2)15-11-17(10-6-9-16-15)13(3)14-7-4-5-8-14/h12-16H,4-11H2,1-3H3. The maximum absolute atomic E-state index is 3.71. The summed E-state index contributed by atoms with van der Waals surface area (Å²) in [5.41, 5.74) is 0. The van der Waals surface area contributed by atoms with Crippen molar-refractivity contribution in [1.82, 2.24) is 10.2 Å². The molecule has 1 aliphatic carbocycles. The Balaban J connectivity index is 1.93. The molecule has 1 saturated carbocycles. The van der Waals surface area contributed by atoms with Gasteiger partial charge in [-0.2, -0.15) is 0 Å². The molecule has 1 heterocycles. The molecule has 0 aromatic rings. The van der Waals surface area contributed by atoms with Crippen LogP contribution in [0.25, 0.3) is 0 Å². The quantitative estimate of drug-likeness (QED) is 0.813. The highest BCUT2D eigenvalue weighted by Crippen LogP contribution is 2.30. The molecule has 2 rings (SSSR count). The van der Waals surface area contributed by atoms with Crippen molar-refractivity contribution in [2.24, 2.45) is 11.8 Å². The lowest BCUT2D eigenvalue weighted by molar-refractivity contribution is 0.144. The number of nitrogens with zero attached hydrogens (tertiary/aromatic N) is 1. The minimum absolute atomic E-state index is 0.696. The summed E-state index contributed by atoms with van der Waals surface area (Å²) < 4.78 is 0. The Bertz CT molecular complexity index is 221. The summed E-state index contributed by atoms with van der Waals surface area (Å²) in [6, 6.07) is 1.50. The maximum atomic E-state index is 3.71. The molecule has 0 radical (unpaired) electrons. The summed E-state index contributed by atoms with van der Waals surface area (Å²) in [4.78, 5) is 2.76. The summed E-state index contributed by atoms with van der Waals surface area (Å²) in [6.45, 7) is 10.9. The second kappa shape index (κ2) is 6.19.